The van der Waals surface area contributed by atoms with Gasteiger partial charge in [-0.3, -0.25) is 14.2 Å². The molecule has 4 rings (SSSR count). The van der Waals surface area contributed by atoms with Crippen molar-refractivity contribution in [1.29, 1.82) is 0 Å². The van der Waals surface area contributed by atoms with Crippen LogP contribution in [0.25, 0.3) is 10.2 Å². The highest BCUT2D eigenvalue weighted by atomic mass is 32.2. The SMILES string of the molecule is COc1ccc(N2CCN(C(=O)Cn3c(SC)nc4ccsc4c3=O)CC2)cc1. The molecule has 1 aromatic carbocycles. The molecule has 0 spiro atoms. The van der Waals surface area contributed by atoms with Gasteiger partial charge in [0.1, 0.15) is 17.0 Å². The highest BCUT2D eigenvalue weighted by Gasteiger charge is 2.23. The Labute approximate surface area is 176 Å². The lowest BCUT2D eigenvalue weighted by atomic mass is 10.2. The molecule has 29 heavy (non-hydrogen) atoms. The minimum Gasteiger partial charge on any atom is -0.497 e. The molecule has 1 saturated heterocycles. The number of carbonyl (C=O) groups excluding carboxylic acids is 1. The first-order valence-corrected chi connectivity index (χ1v) is 11.4. The number of hydrogen-bond donors (Lipinski definition) is 0. The lowest BCUT2D eigenvalue weighted by Gasteiger charge is -2.36. The summed E-state index contributed by atoms with van der Waals surface area (Å²) in [6.45, 7) is 2.79. The van der Waals surface area contributed by atoms with Crippen LogP contribution in [0.4, 0.5) is 5.69 Å². The second-order valence-corrected chi connectivity index (χ2v) is 8.38. The molecule has 1 amide bonds. The lowest BCUT2D eigenvalue weighted by molar-refractivity contribution is -0.132. The van der Waals surface area contributed by atoms with E-state index in [9.17, 15) is 9.59 Å². The van der Waals surface area contributed by atoms with Crippen LogP contribution in [0.2, 0.25) is 0 Å². The number of amides is 1. The smallest absolute Gasteiger partial charge is 0.272 e. The van der Waals surface area contributed by atoms with Crippen molar-refractivity contribution in [3.8, 4) is 5.75 Å². The zero-order valence-corrected chi connectivity index (χ0v) is 18.0. The van der Waals surface area contributed by atoms with E-state index in [0.717, 1.165) is 24.5 Å². The fourth-order valence-electron chi connectivity index (χ4n) is 3.46. The molecule has 2 aromatic heterocycles. The highest BCUT2D eigenvalue weighted by molar-refractivity contribution is 7.98. The molecule has 1 fully saturated rings. The largest absolute Gasteiger partial charge is 0.497 e. The number of aromatic nitrogens is 2. The van der Waals surface area contributed by atoms with E-state index in [1.807, 2.05) is 46.9 Å². The van der Waals surface area contributed by atoms with Crippen molar-refractivity contribution >= 4 is 44.9 Å². The van der Waals surface area contributed by atoms with Crippen molar-refractivity contribution in [3.63, 3.8) is 0 Å². The number of hydrogen-bond acceptors (Lipinski definition) is 7. The summed E-state index contributed by atoms with van der Waals surface area (Å²) in [4.78, 5) is 34.3. The summed E-state index contributed by atoms with van der Waals surface area (Å²) in [6.07, 6.45) is 1.87. The molecule has 0 aliphatic carbocycles. The van der Waals surface area contributed by atoms with Gasteiger partial charge in [0.15, 0.2) is 5.16 Å². The molecule has 3 heterocycles. The molecule has 0 unspecified atom stereocenters. The minimum absolute atomic E-state index is 0.0262. The van der Waals surface area contributed by atoms with Crippen molar-refractivity contribution < 1.29 is 9.53 Å². The first-order valence-electron chi connectivity index (χ1n) is 9.29. The van der Waals surface area contributed by atoms with Gasteiger partial charge in [0.25, 0.3) is 5.56 Å². The zero-order valence-electron chi connectivity index (χ0n) is 16.3. The van der Waals surface area contributed by atoms with Gasteiger partial charge in [0.2, 0.25) is 5.91 Å². The van der Waals surface area contributed by atoms with Crippen LogP contribution in [0.5, 0.6) is 5.75 Å². The summed E-state index contributed by atoms with van der Waals surface area (Å²) in [5.41, 5.74) is 1.67. The monoisotopic (exact) mass is 430 g/mol. The molecular formula is C20H22N4O3S2. The van der Waals surface area contributed by atoms with Crippen LogP contribution < -0.4 is 15.2 Å². The maximum atomic E-state index is 12.9. The maximum Gasteiger partial charge on any atom is 0.272 e. The van der Waals surface area contributed by atoms with Gasteiger partial charge in [0.05, 0.1) is 12.6 Å². The van der Waals surface area contributed by atoms with Gasteiger partial charge < -0.3 is 14.5 Å². The number of piperazine rings is 1. The van der Waals surface area contributed by atoms with E-state index < -0.39 is 0 Å². The van der Waals surface area contributed by atoms with Gasteiger partial charge in [-0.1, -0.05) is 11.8 Å². The third-order valence-electron chi connectivity index (χ3n) is 5.08. The number of rotatable bonds is 5. The first-order chi connectivity index (χ1) is 14.1. The third-order valence-corrected chi connectivity index (χ3v) is 6.65. The number of thiophene rings is 1. The Morgan fingerprint density at radius 3 is 2.55 bits per heavy atom. The second-order valence-electron chi connectivity index (χ2n) is 6.69. The number of ether oxygens (including phenoxy) is 1. The second kappa shape index (κ2) is 8.46. The van der Waals surface area contributed by atoms with Gasteiger partial charge in [-0.25, -0.2) is 4.98 Å². The van der Waals surface area contributed by atoms with Crippen LogP contribution in [0, 0.1) is 0 Å². The molecular weight excluding hydrogens is 408 g/mol. The van der Waals surface area contributed by atoms with Crippen molar-refractivity contribution in [2.45, 2.75) is 11.7 Å². The molecule has 0 bridgehead atoms. The van der Waals surface area contributed by atoms with Crippen molar-refractivity contribution in [3.05, 3.63) is 46.1 Å². The minimum atomic E-state index is -0.139. The summed E-state index contributed by atoms with van der Waals surface area (Å²) in [7, 11) is 1.65. The molecule has 9 heteroatoms. The molecule has 0 N–H and O–H groups in total. The van der Waals surface area contributed by atoms with E-state index in [0.29, 0.717) is 28.5 Å². The summed E-state index contributed by atoms with van der Waals surface area (Å²) >= 11 is 2.75. The Kier molecular flexibility index (Phi) is 5.77. The van der Waals surface area contributed by atoms with Crippen LogP contribution >= 0.6 is 23.1 Å². The molecule has 3 aromatic rings. The normalized spacial score (nSPS) is 14.4. The summed E-state index contributed by atoms with van der Waals surface area (Å²) in [5.74, 6) is 0.781. The van der Waals surface area contributed by atoms with E-state index in [1.165, 1.54) is 27.7 Å². The summed E-state index contributed by atoms with van der Waals surface area (Å²) < 4.78 is 7.31. The first kappa shape index (κ1) is 19.8. The van der Waals surface area contributed by atoms with E-state index in [4.69, 9.17) is 4.74 Å². The van der Waals surface area contributed by atoms with Crippen molar-refractivity contribution in [1.82, 2.24) is 14.5 Å². The zero-order chi connectivity index (χ0) is 20.4. The topological polar surface area (TPSA) is 67.7 Å². The average Bonchev–Trinajstić information content (AvgIpc) is 3.24. The van der Waals surface area contributed by atoms with E-state index in [-0.39, 0.29) is 18.0 Å². The van der Waals surface area contributed by atoms with Crippen LogP contribution in [0.1, 0.15) is 0 Å². The van der Waals surface area contributed by atoms with E-state index >= 15 is 0 Å². The Balaban J connectivity index is 1.44. The van der Waals surface area contributed by atoms with Gasteiger partial charge in [0, 0.05) is 31.9 Å². The number of thioether (sulfide) groups is 1. The van der Waals surface area contributed by atoms with Crippen LogP contribution in [0.15, 0.2) is 45.7 Å². The van der Waals surface area contributed by atoms with Gasteiger partial charge in [-0.15, -0.1) is 11.3 Å². The standard InChI is InChI=1S/C20H22N4O3S2/c1-27-15-5-3-14(4-6-15)22-8-10-23(11-9-22)17(25)13-24-19(26)18-16(7-12-29-18)21-20(24)28-2/h3-7,12H,8-11,13H2,1-2H3. The third kappa shape index (κ3) is 3.97. The molecule has 152 valence electrons. The highest BCUT2D eigenvalue weighted by Crippen LogP contribution is 2.22. The van der Waals surface area contributed by atoms with Crippen LogP contribution in [0.3, 0.4) is 0 Å². The fourth-order valence-corrected chi connectivity index (χ4v) is 4.80. The molecule has 0 radical (unpaired) electrons. The van der Waals surface area contributed by atoms with Gasteiger partial charge in [-0.05, 0) is 42.0 Å². The molecule has 1 aliphatic heterocycles. The number of anilines is 1. The van der Waals surface area contributed by atoms with Crippen LogP contribution in [-0.2, 0) is 11.3 Å². The molecule has 1 aliphatic rings. The summed E-state index contributed by atoms with van der Waals surface area (Å²) in [6, 6.07) is 9.78. The molecule has 0 saturated carbocycles. The Morgan fingerprint density at radius 1 is 1.17 bits per heavy atom. The quantitative estimate of drug-likeness (QED) is 0.458. The Hall–Kier alpha value is -2.52. The predicted molar refractivity (Wildman–Crippen MR) is 117 cm³/mol. The number of carbonyl (C=O) groups is 1. The van der Waals surface area contributed by atoms with E-state index in [1.54, 1.807) is 7.11 Å². The number of methoxy groups -OCH3 is 1. The van der Waals surface area contributed by atoms with Gasteiger partial charge in [-0.2, -0.15) is 0 Å². The lowest BCUT2D eigenvalue weighted by Crippen LogP contribution is -2.50. The Bertz CT molecular complexity index is 1070. The summed E-state index contributed by atoms with van der Waals surface area (Å²) in [5, 5.41) is 2.43. The number of fused-ring (bicyclic) bond motifs is 1. The van der Waals surface area contributed by atoms with E-state index in [2.05, 4.69) is 9.88 Å². The number of benzene rings is 1. The molecule has 7 nitrogen and oxygen atoms in total. The van der Waals surface area contributed by atoms with Gasteiger partial charge >= 0.3 is 0 Å². The maximum absolute atomic E-state index is 12.9. The Morgan fingerprint density at radius 2 is 1.90 bits per heavy atom. The predicted octanol–water partition coefficient (Wildman–Crippen LogP) is 2.54. The molecule has 0 atom stereocenters. The average molecular weight is 431 g/mol. The number of nitrogens with zero attached hydrogens (tertiary/aromatic N) is 4. The fraction of sp³-hybridized carbons (Fsp3) is 0.350. The van der Waals surface area contributed by atoms with Crippen molar-refractivity contribution in [2.24, 2.45) is 0 Å². The van der Waals surface area contributed by atoms with Crippen molar-refractivity contribution in [2.75, 3.05) is 44.4 Å². The van der Waals surface area contributed by atoms with Crippen LogP contribution in [-0.4, -0.2) is 59.9 Å².